The molecule has 0 aromatic rings. The van der Waals surface area contributed by atoms with E-state index in [1.165, 1.54) is 0 Å². The molecule has 11 heavy (non-hydrogen) atoms. The van der Waals surface area contributed by atoms with Crippen molar-refractivity contribution in [3.05, 3.63) is 0 Å². The number of nitrogens with zero attached hydrogens (tertiary/aromatic N) is 1. The second-order valence-electron chi connectivity index (χ2n) is 1.65. The Kier molecular flexibility index (Phi) is 7.09. The molecule has 0 aliphatic carbocycles. The Balaban J connectivity index is 3.35. The minimum absolute atomic E-state index is 0.0592. The first-order valence-electron chi connectivity index (χ1n) is 3.19. The first kappa shape index (κ1) is 10.4. The fourth-order valence-electron chi connectivity index (χ4n) is 0.442. The molecule has 0 aliphatic heterocycles. The third kappa shape index (κ3) is 5.82. The summed E-state index contributed by atoms with van der Waals surface area (Å²) < 4.78 is 9.40. The molecule has 0 fully saturated rings. The lowest BCUT2D eigenvalue weighted by molar-refractivity contribution is 0.139. The molecular weight excluding hydrogens is 149 g/mol. The van der Waals surface area contributed by atoms with E-state index in [0.29, 0.717) is 0 Å². The highest BCUT2D eigenvalue weighted by atomic mass is 16.6. The van der Waals surface area contributed by atoms with Gasteiger partial charge in [-0.1, -0.05) is 0 Å². The molecule has 0 aromatic carbocycles. The Bertz CT molecular complexity index is 118. The summed E-state index contributed by atoms with van der Waals surface area (Å²) in [5.41, 5.74) is 0. The largest absolute Gasteiger partial charge is 0.578 e. The van der Waals surface area contributed by atoms with Gasteiger partial charge in [0.2, 0.25) is 0 Å². The van der Waals surface area contributed by atoms with Gasteiger partial charge in [0.1, 0.15) is 0 Å². The number of hydrogen-bond acceptors (Lipinski definition) is 5. The smallest absolute Gasteiger partial charge is 0.397 e. The Hall–Kier alpha value is -0.605. The molecule has 0 bridgehead atoms. The van der Waals surface area contributed by atoms with E-state index in [-0.39, 0.29) is 26.4 Å². The van der Waals surface area contributed by atoms with Crippen LogP contribution in [-0.4, -0.2) is 43.8 Å². The third-order valence-corrected chi connectivity index (χ3v) is 0.826. The molecular formula is C5H10BNO4. The van der Waals surface area contributed by atoms with E-state index in [0.717, 1.165) is 0 Å². The summed E-state index contributed by atoms with van der Waals surface area (Å²) >= 11 is 0. The van der Waals surface area contributed by atoms with Crippen LogP contribution in [0.3, 0.4) is 0 Å². The summed E-state index contributed by atoms with van der Waals surface area (Å²) in [6.45, 7) is -0.186. The van der Waals surface area contributed by atoms with Crippen LogP contribution in [0.25, 0.3) is 0 Å². The SMILES string of the molecule is N#CB(OCCO)OCCO. The summed E-state index contributed by atoms with van der Waals surface area (Å²) in [5.74, 6) is 1.70. The molecule has 0 spiro atoms. The average molecular weight is 159 g/mol. The maximum absolute atomic E-state index is 8.32. The fourth-order valence-corrected chi connectivity index (χ4v) is 0.442. The van der Waals surface area contributed by atoms with Crippen molar-refractivity contribution in [3.63, 3.8) is 0 Å². The van der Waals surface area contributed by atoms with Gasteiger partial charge in [0.25, 0.3) is 0 Å². The molecule has 0 unspecified atom stereocenters. The minimum Gasteiger partial charge on any atom is -0.397 e. The number of aliphatic hydroxyl groups is 2. The summed E-state index contributed by atoms with van der Waals surface area (Å²) in [6.07, 6.45) is 0. The molecule has 0 rings (SSSR count). The summed E-state index contributed by atoms with van der Waals surface area (Å²) in [7, 11) is -0.991. The van der Waals surface area contributed by atoms with Gasteiger partial charge in [-0.05, 0) is 0 Å². The molecule has 0 saturated carbocycles. The molecule has 0 radical (unpaired) electrons. The predicted molar refractivity (Wildman–Crippen MR) is 37.4 cm³/mol. The van der Waals surface area contributed by atoms with E-state index in [9.17, 15) is 0 Å². The van der Waals surface area contributed by atoms with Gasteiger partial charge < -0.3 is 19.5 Å². The summed E-state index contributed by atoms with van der Waals surface area (Å²) in [4.78, 5) is 0. The average Bonchev–Trinajstić information content (AvgIpc) is 2.05. The van der Waals surface area contributed by atoms with Crippen molar-refractivity contribution in [2.75, 3.05) is 26.4 Å². The van der Waals surface area contributed by atoms with Crippen LogP contribution >= 0.6 is 0 Å². The first-order valence-corrected chi connectivity index (χ1v) is 3.19. The van der Waals surface area contributed by atoms with Gasteiger partial charge in [-0.15, -0.1) is 0 Å². The van der Waals surface area contributed by atoms with Crippen LogP contribution in [0.5, 0.6) is 0 Å². The van der Waals surface area contributed by atoms with Crippen molar-refractivity contribution in [2.45, 2.75) is 0 Å². The highest BCUT2D eigenvalue weighted by Gasteiger charge is 2.16. The fraction of sp³-hybridized carbons (Fsp3) is 0.800. The standard InChI is InChI=1S/C5H10BNO4/c7-5-6(10-3-1-8)11-4-2-9/h8-9H,1-4H2. The topological polar surface area (TPSA) is 82.7 Å². The maximum atomic E-state index is 8.32. The zero-order valence-electron chi connectivity index (χ0n) is 6.06. The third-order valence-electron chi connectivity index (χ3n) is 0.826. The molecule has 0 atom stereocenters. The molecule has 62 valence electrons. The number of hydrogen-bond donors (Lipinski definition) is 2. The van der Waals surface area contributed by atoms with E-state index >= 15 is 0 Å². The zero-order valence-corrected chi connectivity index (χ0v) is 6.06. The van der Waals surface area contributed by atoms with Crippen LogP contribution < -0.4 is 0 Å². The predicted octanol–water partition coefficient (Wildman–Crippen LogP) is -1.44. The van der Waals surface area contributed by atoms with E-state index in [2.05, 4.69) is 0 Å². The zero-order chi connectivity index (χ0) is 8.53. The molecule has 0 saturated heterocycles. The Labute approximate surface area is 65.3 Å². The Morgan fingerprint density at radius 3 is 1.91 bits per heavy atom. The molecule has 0 aliphatic rings. The number of nitriles is 1. The van der Waals surface area contributed by atoms with Crippen molar-refractivity contribution in [1.82, 2.24) is 0 Å². The van der Waals surface area contributed by atoms with E-state index in [4.69, 9.17) is 24.8 Å². The highest BCUT2D eigenvalue weighted by Crippen LogP contribution is 1.86. The van der Waals surface area contributed by atoms with Crippen molar-refractivity contribution < 1.29 is 19.5 Å². The van der Waals surface area contributed by atoms with Crippen molar-refractivity contribution in [1.29, 1.82) is 5.26 Å². The Morgan fingerprint density at radius 2 is 1.64 bits per heavy atom. The van der Waals surface area contributed by atoms with Crippen LogP contribution in [0.2, 0.25) is 0 Å². The van der Waals surface area contributed by atoms with Crippen LogP contribution in [0.1, 0.15) is 0 Å². The monoisotopic (exact) mass is 159 g/mol. The van der Waals surface area contributed by atoms with Crippen LogP contribution in [0, 0.1) is 11.2 Å². The molecule has 0 aromatic heterocycles. The Morgan fingerprint density at radius 1 is 1.18 bits per heavy atom. The van der Waals surface area contributed by atoms with Crippen LogP contribution in [-0.2, 0) is 9.31 Å². The lowest BCUT2D eigenvalue weighted by atomic mass is 9.94. The minimum atomic E-state index is -0.991. The maximum Gasteiger partial charge on any atom is 0.578 e. The molecule has 0 heterocycles. The second kappa shape index (κ2) is 7.50. The quantitative estimate of drug-likeness (QED) is 0.463. The summed E-state index contributed by atoms with van der Waals surface area (Å²) in [5, 5.41) is 24.9. The van der Waals surface area contributed by atoms with Gasteiger partial charge in [-0.25, -0.2) is 5.26 Å². The number of aliphatic hydroxyl groups excluding tert-OH is 2. The van der Waals surface area contributed by atoms with Gasteiger partial charge in [0.05, 0.1) is 32.4 Å². The van der Waals surface area contributed by atoms with E-state index < -0.39 is 7.12 Å². The van der Waals surface area contributed by atoms with Gasteiger partial charge in [0.15, 0.2) is 0 Å². The molecule has 2 N–H and O–H groups in total. The lowest BCUT2D eigenvalue weighted by Gasteiger charge is -2.04. The highest BCUT2D eigenvalue weighted by molar-refractivity contribution is 6.53. The normalized spacial score (nSPS) is 9.18. The van der Waals surface area contributed by atoms with Crippen molar-refractivity contribution >= 4 is 7.12 Å². The summed E-state index contributed by atoms with van der Waals surface area (Å²) in [6, 6.07) is 0. The number of rotatable bonds is 6. The van der Waals surface area contributed by atoms with Crippen LogP contribution in [0.15, 0.2) is 0 Å². The first-order chi connectivity index (χ1) is 5.35. The van der Waals surface area contributed by atoms with Crippen molar-refractivity contribution in [3.8, 4) is 5.97 Å². The van der Waals surface area contributed by atoms with Crippen molar-refractivity contribution in [2.24, 2.45) is 0 Å². The second-order valence-corrected chi connectivity index (χ2v) is 1.65. The molecule has 6 heteroatoms. The molecule has 5 nitrogen and oxygen atoms in total. The van der Waals surface area contributed by atoms with Gasteiger partial charge in [-0.3, -0.25) is 0 Å². The van der Waals surface area contributed by atoms with Gasteiger partial charge in [0, 0.05) is 0 Å². The van der Waals surface area contributed by atoms with Crippen LogP contribution in [0.4, 0.5) is 0 Å². The lowest BCUT2D eigenvalue weighted by Crippen LogP contribution is -2.24. The molecule has 0 amide bonds. The van der Waals surface area contributed by atoms with E-state index in [1.54, 1.807) is 5.97 Å². The van der Waals surface area contributed by atoms with Gasteiger partial charge >= 0.3 is 7.12 Å². The van der Waals surface area contributed by atoms with E-state index in [1.807, 2.05) is 0 Å². The van der Waals surface area contributed by atoms with Gasteiger partial charge in [-0.2, -0.15) is 0 Å².